The zero-order chi connectivity index (χ0) is 27.9. The molecule has 0 bridgehead atoms. The fourth-order valence-electron chi connectivity index (χ4n) is 10.5. The molecule has 2 amide bonds. The summed E-state index contributed by atoms with van der Waals surface area (Å²) in [6.45, 7) is 6.56. The van der Waals surface area contributed by atoms with Crippen molar-refractivity contribution in [2.75, 3.05) is 13.1 Å². The molecule has 0 aromatic carbocycles. The summed E-state index contributed by atoms with van der Waals surface area (Å²) in [4.78, 5) is 28.8. The second kappa shape index (κ2) is 11.7. The quantitative estimate of drug-likeness (QED) is 0.360. The summed E-state index contributed by atoms with van der Waals surface area (Å²) in [6, 6.07) is 0.257. The second-order valence-corrected chi connectivity index (χ2v) is 15.4. The number of nitrogens with zero attached hydrogens (tertiary/aromatic N) is 1. The first kappa shape index (κ1) is 28.7. The van der Waals surface area contributed by atoms with Crippen molar-refractivity contribution >= 4 is 29.1 Å². The average molecular weight is 568 g/mol. The second-order valence-electron chi connectivity index (χ2n) is 15.0. The molecule has 0 saturated heterocycles. The third kappa shape index (κ3) is 5.28. The van der Waals surface area contributed by atoms with Gasteiger partial charge in [0.2, 0.25) is 11.8 Å². The molecule has 0 unspecified atom stereocenters. The molecule has 2 N–H and O–H groups in total. The Kier molecular flexibility index (Phi) is 8.38. The average Bonchev–Trinajstić information content (AvgIpc) is 3.33. The molecule has 5 fully saturated rings. The van der Waals surface area contributed by atoms with Gasteiger partial charge in [-0.1, -0.05) is 58.4 Å². The van der Waals surface area contributed by atoms with E-state index in [0.717, 1.165) is 45.2 Å². The van der Waals surface area contributed by atoms with Crippen LogP contribution < -0.4 is 10.6 Å². The smallest absolute Gasteiger partial charge is 0.243 e. The maximum absolute atomic E-state index is 14.6. The Balaban J connectivity index is 1.18. The number of rotatable bonds is 5. The van der Waals surface area contributed by atoms with Gasteiger partial charge in [-0.2, -0.15) is 0 Å². The molecule has 0 spiro atoms. The number of amides is 2. The van der Waals surface area contributed by atoms with E-state index in [0.29, 0.717) is 40.6 Å². The van der Waals surface area contributed by atoms with Crippen molar-refractivity contribution in [2.24, 2.45) is 46.3 Å². The molecule has 6 aliphatic rings. The van der Waals surface area contributed by atoms with Gasteiger partial charge in [0, 0.05) is 30.5 Å². The van der Waals surface area contributed by atoms with Gasteiger partial charge in [-0.3, -0.25) is 14.5 Å². The molecule has 0 radical (unpaired) electrons. The summed E-state index contributed by atoms with van der Waals surface area (Å²) in [7, 11) is 0. The lowest BCUT2D eigenvalue weighted by atomic mass is 9.48. The molecule has 6 heteroatoms. The molecular formula is C34H53N3O2S. The third-order valence-corrected chi connectivity index (χ3v) is 13.3. The molecule has 0 aromatic heterocycles. The van der Waals surface area contributed by atoms with Gasteiger partial charge < -0.3 is 10.6 Å². The van der Waals surface area contributed by atoms with E-state index in [1.807, 2.05) is 0 Å². The zero-order valence-electron chi connectivity index (χ0n) is 25.1. The molecule has 6 rings (SSSR count). The summed E-state index contributed by atoms with van der Waals surface area (Å²) < 4.78 is 0. The van der Waals surface area contributed by atoms with Crippen LogP contribution in [0.3, 0.4) is 0 Å². The minimum absolute atomic E-state index is 0.0396. The van der Waals surface area contributed by atoms with Crippen LogP contribution in [0.5, 0.6) is 0 Å². The molecule has 5 nitrogen and oxygen atoms in total. The zero-order valence-corrected chi connectivity index (χ0v) is 25.9. The first-order valence-electron chi connectivity index (χ1n) is 16.9. The number of hydrogen-bond acceptors (Lipinski definition) is 3. The van der Waals surface area contributed by atoms with Crippen molar-refractivity contribution in [3.05, 3.63) is 12.2 Å². The van der Waals surface area contributed by atoms with E-state index in [1.165, 1.54) is 70.6 Å². The van der Waals surface area contributed by atoms with Gasteiger partial charge in [-0.05, 0) is 118 Å². The molecule has 5 aliphatic carbocycles. The topological polar surface area (TPSA) is 61.4 Å². The molecule has 1 heterocycles. The van der Waals surface area contributed by atoms with Crippen LogP contribution in [0.25, 0.3) is 0 Å². The van der Waals surface area contributed by atoms with Gasteiger partial charge >= 0.3 is 0 Å². The van der Waals surface area contributed by atoms with Crippen LogP contribution in [0.15, 0.2) is 12.2 Å². The van der Waals surface area contributed by atoms with E-state index < -0.39 is 0 Å². The molecule has 1 aliphatic heterocycles. The molecule has 7 atom stereocenters. The van der Waals surface area contributed by atoms with Crippen molar-refractivity contribution in [3.63, 3.8) is 0 Å². The Morgan fingerprint density at radius 3 is 2.35 bits per heavy atom. The Labute approximate surface area is 248 Å². The van der Waals surface area contributed by atoms with E-state index >= 15 is 0 Å². The highest BCUT2D eigenvalue weighted by atomic mass is 32.1. The van der Waals surface area contributed by atoms with Gasteiger partial charge in [0.15, 0.2) is 5.11 Å². The Morgan fingerprint density at radius 2 is 1.62 bits per heavy atom. The third-order valence-electron chi connectivity index (χ3n) is 12.9. The van der Waals surface area contributed by atoms with Crippen LogP contribution in [-0.4, -0.2) is 41.0 Å². The van der Waals surface area contributed by atoms with Crippen LogP contribution in [0.2, 0.25) is 0 Å². The summed E-state index contributed by atoms with van der Waals surface area (Å²) in [5.41, 5.74) is 0.0880. The van der Waals surface area contributed by atoms with E-state index in [-0.39, 0.29) is 28.7 Å². The lowest BCUT2D eigenvalue weighted by molar-refractivity contribution is -0.140. The predicted molar refractivity (Wildman–Crippen MR) is 164 cm³/mol. The van der Waals surface area contributed by atoms with Crippen LogP contribution >= 0.6 is 12.2 Å². The van der Waals surface area contributed by atoms with Gasteiger partial charge in [0.1, 0.15) is 0 Å². The predicted octanol–water partition coefficient (Wildman–Crippen LogP) is 6.76. The number of thiocarbonyl (C=S) groups is 1. The molecular weight excluding hydrogens is 514 g/mol. The highest BCUT2D eigenvalue weighted by Gasteiger charge is 2.61. The van der Waals surface area contributed by atoms with Crippen molar-refractivity contribution in [2.45, 2.75) is 123 Å². The van der Waals surface area contributed by atoms with Crippen molar-refractivity contribution in [3.8, 4) is 0 Å². The first-order valence-corrected chi connectivity index (χ1v) is 17.3. The van der Waals surface area contributed by atoms with Gasteiger partial charge in [0.25, 0.3) is 0 Å². The molecule has 0 aromatic rings. The normalized spacial score (nSPS) is 40.0. The summed E-state index contributed by atoms with van der Waals surface area (Å²) in [6.07, 6.45) is 23.6. The Morgan fingerprint density at radius 1 is 0.925 bits per heavy atom. The van der Waals surface area contributed by atoms with Crippen LogP contribution in [-0.2, 0) is 9.59 Å². The fraction of sp³-hybridized carbons (Fsp3) is 0.853. The van der Waals surface area contributed by atoms with Crippen LogP contribution in [0.1, 0.15) is 117 Å². The standard InChI is InChI=1S/C34H53N3O2S/c1-33-19-17-27-25(13-16-29-34(27,2)20-18-30(38)36-29)26(33)14-15-28(33)31(39)37(22-24-11-7-4-8-12-24)32(40)35-21-23-9-5-3-6-10-23/h18,20,23-29H,3-17,19,21-22H2,1-2H3,(H,35,40)(H,36,38)/t25-,26-,27-,28+,29+,33-,34+/m0/s1. The van der Waals surface area contributed by atoms with Gasteiger partial charge in [-0.15, -0.1) is 0 Å². The molecule has 40 heavy (non-hydrogen) atoms. The molecule has 222 valence electrons. The maximum atomic E-state index is 14.6. The van der Waals surface area contributed by atoms with Crippen molar-refractivity contribution < 1.29 is 9.59 Å². The number of hydrogen-bond donors (Lipinski definition) is 2. The minimum Gasteiger partial charge on any atom is -0.362 e. The summed E-state index contributed by atoms with van der Waals surface area (Å²) >= 11 is 6.04. The minimum atomic E-state index is 0.0396. The van der Waals surface area contributed by atoms with E-state index in [2.05, 4.69) is 35.5 Å². The Bertz CT molecular complexity index is 1000. The summed E-state index contributed by atoms with van der Waals surface area (Å²) in [5.74, 6) is 3.55. The SMILES string of the molecule is C[C@]12C=CC(=O)N[C@@H]1CC[C@@H]1[C@@H]2CC[C@]2(C)[C@@H](C(=O)N(CC3CCCCC3)C(=S)NCC3CCCCC3)CC[C@@H]12. The van der Waals surface area contributed by atoms with E-state index in [1.54, 1.807) is 6.08 Å². The van der Waals surface area contributed by atoms with Crippen LogP contribution in [0.4, 0.5) is 0 Å². The highest BCUT2D eigenvalue weighted by molar-refractivity contribution is 7.80. The number of nitrogens with one attached hydrogen (secondary N) is 2. The van der Waals surface area contributed by atoms with Crippen molar-refractivity contribution in [1.82, 2.24) is 15.5 Å². The summed E-state index contributed by atoms with van der Waals surface area (Å²) in [5, 5.41) is 7.60. The fourth-order valence-corrected chi connectivity index (χ4v) is 10.8. The number of fused-ring (bicyclic) bond motifs is 5. The lowest BCUT2D eigenvalue weighted by Crippen LogP contribution is -2.60. The maximum Gasteiger partial charge on any atom is 0.243 e. The Hall–Kier alpha value is -1.43. The lowest BCUT2D eigenvalue weighted by Gasteiger charge is -2.58. The number of carbonyl (C=O) groups excluding carboxylic acids is 2. The van der Waals surface area contributed by atoms with Gasteiger partial charge in [-0.25, -0.2) is 0 Å². The number of carbonyl (C=O) groups is 2. The first-order chi connectivity index (χ1) is 19.3. The van der Waals surface area contributed by atoms with Gasteiger partial charge in [0.05, 0.1) is 0 Å². The van der Waals surface area contributed by atoms with Crippen LogP contribution in [0, 0.1) is 46.3 Å². The monoisotopic (exact) mass is 567 g/mol. The largest absolute Gasteiger partial charge is 0.362 e. The highest BCUT2D eigenvalue weighted by Crippen LogP contribution is 2.65. The van der Waals surface area contributed by atoms with E-state index in [4.69, 9.17) is 12.2 Å². The molecule has 5 saturated carbocycles. The van der Waals surface area contributed by atoms with Crippen molar-refractivity contribution in [1.29, 1.82) is 0 Å². The van der Waals surface area contributed by atoms with E-state index in [9.17, 15) is 9.59 Å².